The number of anilines is 1. The van der Waals surface area contributed by atoms with Crippen LogP contribution in [0.3, 0.4) is 0 Å². The number of nitriles is 1. The zero-order valence-electron chi connectivity index (χ0n) is 18.3. The summed E-state index contributed by atoms with van der Waals surface area (Å²) in [4.78, 5) is 12.4. The topological polar surface area (TPSA) is 62.1 Å². The molecule has 34 heavy (non-hydrogen) atoms. The summed E-state index contributed by atoms with van der Waals surface area (Å²) in [5.41, 5.74) is 2.76. The monoisotopic (exact) mass is 514 g/mol. The predicted octanol–water partition coefficient (Wildman–Crippen LogP) is 7.17. The molecule has 1 N–H and O–H groups in total. The lowest BCUT2D eigenvalue weighted by molar-refractivity contribution is -0.112. The average Bonchev–Trinajstić information content (AvgIpc) is 2.84. The lowest BCUT2D eigenvalue weighted by atomic mass is 10.0. The Kier molecular flexibility index (Phi) is 7.05. The largest absolute Gasteiger partial charge is 0.488 e. The molecule has 4 rings (SSSR count). The van der Waals surface area contributed by atoms with Gasteiger partial charge in [-0.15, -0.1) is 0 Å². The van der Waals surface area contributed by atoms with Gasteiger partial charge in [0.2, 0.25) is 0 Å². The Labute approximate surface area is 205 Å². The number of benzene rings is 4. The third kappa shape index (κ3) is 5.16. The Balaban J connectivity index is 1.51. The summed E-state index contributed by atoms with van der Waals surface area (Å²) in [6.07, 6.45) is 1.44. The number of halogens is 2. The van der Waals surface area contributed by atoms with Crippen LogP contribution in [0.25, 0.3) is 16.8 Å². The van der Waals surface area contributed by atoms with Crippen LogP contribution < -0.4 is 10.1 Å². The summed E-state index contributed by atoms with van der Waals surface area (Å²) >= 11 is 3.51. The fraction of sp³-hybridized carbons (Fsp3) is 0.0714. The third-order valence-electron chi connectivity index (χ3n) is 5.40. The summed E-state index contributed by atoms with van der Waals surface area (Å²) < 4.78 is 20.6. The van der Waals surface area contributed by atoms with Gasteiger partial charge in [0.1, 0.15) is 29.8 Å². The standard InChI is InChI=1S/C28H20BrFN2O2/c1-18-10-12-20-6-2-3-7-22(20)23(18)17-34-27-13-11-19(15-24(27)29)14-21(16-31)28(33)32-26-9-5-4-8-25(26)30/h2-15H,17H2,1H3,(H,32,33)/b21-14+. The molecule has 168 valence electrons. The number of rotatable bonds is 6. The quantitative estimate of drug-likeness (QED) is 0.219. The highest BCUT2D eigenvalue weighted by Crippen LogP contribution is 2.30. The second-order valence-electron chi connectivity index (χ2n) is 7.66. The lowest BCUT2D eigenvalue weighted by Gasteiger charge is -2.13. The summed E-state index contributed by atoms with van der Waals surface area (Å²) in [5, 5.41) is 14.2. The Morgan fingerprint density at radius 3 is 2.62 bits per heavy atom. The van der Waals surface area contributed by atoms with Gasteiger partial charge in [-0.3, -0.25) is 4.79 Å². The summed E-state index contributed by atoms with van der Waals surface area (Å²) in [6, 6.07) is 25.3. The van der Waals surface area contributed by atoms with Crippen molar-refractivity contribution in [2.75, 3.05) is 5.32 Å². The van der Waals surface area contributed by atoms with Crippen LogP contribution in [0.1, 0.15) is 16.7 Å². The molecule has 0 fully saturated rings. The Morgan fingerprint density at radius 2 is 1.85 bits per heavy atom. The van der Waals surface area contributed by atoms with E-state index in [1.807, 2.05) is 18.2 Å². The van der Waals surface area contributed by atoms with Gasteiger partial charge in [-0.2, -0.15) is 5.26 Å². The summed E-state index contributed by atoms with van der Waals surface area (Å²) in [6.45, 7) is 2.46. The lowest BCUT2D eigenvalue weighted by Crippen LogP contribution is -2.14. The van der Waals surface area contributed by atoms with Crippen molar-refractivity contribution in [2.24, 2.45) is 0 Å². The molecule has 4 aromatic carbocycles. The number of para-hydroxylation sites is 1. The van der Waals surface area contributed by atoms with Gasteiger partial charge in [0.25, 0.3) is 5.91 Å². The van der Waals surface area contributed by atoms with Gasteiger partial charge < -0.3 is 10.1 Å². The van der Waals surface area contributed by atoms with E-state index in [2.05, 4.69) is 52.4 Å². The smallest absolute Gasteiger partial charge is 0.266 e. The Hall–Kier alpha value is -3.95. The minimum atomic E-state index is -0.685. The van der Waals surface area contributed by atoms with E-state index < -0.39 is 11.7 Å². The molecule has 0 saturated carbocycles. The first-order valence-corrected chi connectivity index (χ1v) is 11.3. The van der Waals surface area contributed by atoms with Gasteiger partial charge in [-0.25, -0.2) is 4.39 Å². The van der Waals surface area contributed by atoms with Crippen molar-refractivity contribution in [3.8, 4) is 11.8 Å². The normalized spacial score (nSPS) is 11.2. The van der Waals surface area contributed by atoms with E-state index >= 15 is 0 Å². The molecular weight excluding hydrogens is 495 g/mol. The molecule has 0 spiro atoms. The van der Waals surface area contributed by atoms with Crippen LogP contribution in [0, 0.1) is 24.1 Å². The van der Waals surface area contributed by atoms with E-state index in [1.165, 1.54) is 24.3 Å². The van der Waals surface area contributed by atoms with Gasteiger partial charge in [-0.05, 0) is 75.1 Å². The van der Waals surface area contributed by atoms with Gasteiger partial charge in [0.15, 0.2) is 0 Å². The Morgan fingerprint density at radius 1 is 1.09 bits per heavy atom. The van der Waals surface area contributed by atoms with Crippen LogP contribution in [0.2, 0.25) is 0 Å². The number of fused-ring (bicyclic) bond motifs is 1. The molecule has 0 saturated heterocycles. The van der Waals surface area contributed by atoms with Gasteiger partial charge in [-0.1, -0.05) is 54.6 Å². The van der Waals surface area contributed by atoms with Crippen LogP contribution >= 0.6 is 15.9 Å². The van der Waals surface area contributed by atoms with Crippen LogP contribution in [0.5, 0.6) is 5.75 Å². The van der Waals surface area contributed by atoms with E-state index in [-0.39, 0.29) is 11.3 Å². The van der Waals surface area contributed by atoms with Crippen molar-refractivity contribution >= 4 is 44.4 Å². The van der Waals surface area contributed by atoms with Crippen LogP contribution in [0.4, 0.5) is 10.1 Å². The number of hydrogen-bond acceptors (Lipinski definition) is 3. The minimum Gasteiger partial charge on any atom is -0.488 e. The van der Waals surface area contributed by atoms with E-state index in [1.54, 1.807) is 24.3 Å². The number of carbonyl (C=O) groups excluding carboxylic acids is 1. The minimum absolute atomic E-state index is 0.0160. The second-order valence-corrected chi connectivity index (χ2v) is 8.52. The molecule has 0 aliphatic carbocycles. The maximum absolute atomic E-state index is 13.8. The highest BCUT2D eigenvalue weighted by atomic mass is 79.9. The maximum Gasteiger partial charge on any atom is 0.266 e. The number of amides is 1. The number of hydrogen-bond donors (Lipinski definition) is 1. The van der Waals surface area contributed by atoms with Crippen molar-refractivity contribution in [2.45, 2.75) is 13.5 Å². The molecular formula is C28H20BrFN2O2. The van der Waals surface area contributed by atoms with Crippen molar-refractivity contribution in [1.29, 1.82) is 5.26 Å². The molecule has 0 bridgehead atoms. The number of ether oxygens (including phenoxy) is 1. The van der Waals surface area contributed by atoms with Gasteiger partial charge >= 0.3 is 0 Å². The molecule has 0 aromatic heterocycles. The van der Waals surface area contributed by atoms with Crippen molar-refractivity contribution in [1.82, 2.24) is 0 Å². The number of nitrogens with one attached hydrogen (secondary N) is 1. The average molecular weight is 515 g/mol. The molecule has 4 aromatic rings. The molecule has 0 aliphatic heterocycles. The predicted molar refractivity (Wildman–Crippen MR) is 136 cm³/mol. The molecule has 0 atom stereocenters. The van der Waals surface area contributed by atoms with E-state index in [9.17, 15) is 14.4 Å². The van der Waals surface area contributed by atoms with E-state index in [4.69, 9.17) is 4.74 Å². The maximum atomic E-state index is 13.8. The first-order chi connectivity index (χ1) is 16.5. The Bertz CT molecular complexity index is 1460. The molecule has 0 heterocycles. The first kappa shape index (κ1) is 23.2. The van der Waals surface area contributed by atoms with Crippen LogP contribution in [-0.2, 0) is 11.4 Å². The van der Waals surface area contributed by atoms with E-state index in [0.717, 1.165) is 21.9 Å². The molecule has 4 nitrogen and oxygen atoms in total. The second kappa shape index (κ2) is 10.3. The van der Waals surface area contributed by atoms with Crippen molar-refractivity contribution < 1.29 is 13.9 Å². The van der Waals surface area contributed by atoms with Gasteiger partial charge in [0.05, 0.1) is 10.2 Å². The van der Waals surface area contributed by atoms with Crippen molar-refractivity contribution in [3.05, 3.63) is 111 Å². The van der Waals surface area contributed by atoms with Crippen LogP contribution in [0.15, 0.2) is 88.9 Å². The van der Waals surface area contributed by atoms with Crippen LogP contribution in [-0.4, -0.2) is 5.91 Å². The zero-order valence-corrected chi connectivity index (χ0v) is 19.9. The van der Waals surface area contributed by atoms with Crippen molar-refractivity contribution in [3.63, 3.8) is 0 Å². The fourth-order valence-corrected chi connectivity index (χ4v) is 4.09. The highest BCUT2D eigenvalue weighted by molar-refractivity contribution is 9.10. The molecule has 0 unspecified atom stereocenters. The molecule has 6 heteroatoms. The fourth-order valence-electron chi connectivity index (χ4n) is 3.58. The summed E-state index contributed by atoms with van der Waals surface area (Å²) in [5.74, 6) is -0.618. The SMILES string of the molecule is Cc1ccc2ccccc2c1COc1ccc(/C=C(\C#N)C(=O)Nc2ccccc2F)cc1Br. The number of nitrogens with zero attached hydrogens (tertiary/aromatic N) is 1. The molecule has 1 amide bonds. The molecule has 0 radical (unpaired) electrons. The molecule has 0 aliphatic rings. The third-order valence-corrected chi connectivity index (χ3v) is 6.02. The summed E-state index contributed by atoms with van der Waals surface area (Å²) in [7, 11) is 0. The zero-order chi connectivity index (χ0) is 24.1. The van der Waals surface area contributed by atoms with Gasteiger partial charge in [0, 0.05) is 5.56 Å². The first-order valence-electron chi connectivity index (χ1n) is 10.5. The number of aryl methyl sites for hydroxylation is 1. The highest BCUT2D eigenvalue weighted by Gasteiger charge is 2.13. The number of carbonyl (C=O) groups is 1. The van der Waals surface area contributed by atoms with E-state index in [0.29, 0.717) is 22.4 Å².